The van der Waals surface area contributed by atoms with Crippen LogP contribution < -0.4 is 15.1 Å². The number of carbonyl (C=O) groups is 2. The predicted octanol–water partition coefficient (Wildman–Crippen LogP) is 2.76. The molecule has 0 bridgehead atoms. The fourth-order valence-electron chi connectivity index (χ4n) is 3.45. The molecule has 2 saturated heterocycles. The number of pyridine rings is 1. The molecule has 0 saturated carbocycles. The maximum absolute atomic E-state index is 14.8. The van der Waals surface area contributed by atoms with Gasteiger partial charge in [-0.25, -0.2) is 14.2 Å². The van der Waals surface area contributed by atoms with Gasteiger partial charge in [0.2, 0.25) is 6.41 Å². The zero-order valence-electron chi connectivity index (χ0n) is 15.7. The Kier molecular flexibility index (Phi) is 5.84. The number of rotatable bonds is 6. The van der Waals surface area contributed by atoms with Crippen LogP contribution in [0.3, 0.4) is 0 Å². The fraction of sp³-hybridized carbons (Fsp3) is 0.350. The van der Waals surface area contributed by atoms with Gasteiger partial charge in [0.05, 0.1) is 18.8 Å². The number of halogens is 1. The highest BCUT2D eigenvalue weighted by atomic mass is 32.2. The summed E-state index contributed by atoms with van der Waals surface area (Å²) in [5, 5.41) is 2.48. The topological polar surface area (TPSA) is 74.8 Å². The summed E-state index contributed by atoms with van der Waals surface area (Å²) in [6, 6.07) is 8.44. The first-order valence-electron chi connectivity index (χ1n) is 9.39. The van der Waals surface area contributed by atoms with Gasteiger partial charge in [0.25, 0.3) is 0 Å². The maximum Gasteiger partial charge on any atom is 0.414 e. The molecule has 9 heteroatoms. The van der Waals surface area contributed by atoms with Crippen molar-refractivity contribution in [1.82, 2.24) is 10.3 Å². The standard InChI is InChI=1S/C20H21FN4O3S.H2/c21-18-9-15(25-12-16(11-22-13-26)28-20(25)27)2-3-17(18)14-1-4-19(23-10-14)24-5-7-29-8-6-24;/h1-4,9-10,13,16H,5-8,11-12H2,(H,22,26);1H/t16-;/m0./s1. The largest absolute Gasteiger partial charge is 0.442 e. The van der Waals surface area contributed by atoms with E-state index in [1.54, 1.807) is 18.3 Å². The minimum Gasteiger partial charge on any atom is -0.442 e. The number of amides is 2. The van der Waals surface area contributed by atoms with Gasteiger partial charge in [-0.15, -0.1) is 0 Å². The first-order chi connectivity index (χ1) is 14.2. The Morgan fingerprint density at radius 1 is 1.31 bits per heavy atom. The van der Waals surface area contributed by atoms with Gasteiger partial charge in [0, 0.05) is 43.3 Å². The molecule has 1 aromatic heterocycles. The van der Waals surface area contributed by atoms with Gasteiger partial charge >= 0.3 is 6.09 Å². The van der Waals surface area contributed by atoms with Crippen LogP contribution in [0.15, 0.2) is 36.5 Å². The predicted molar refractivity (Wildman–Crippen MR) is 113 cm³/mol. The van der Waals surface area contributed by atoms with Crippen molar-refractivity contribution in [2.45, 2.75) is 6.10 Å². The number of hydrogen-bond acceptors (Lipinski definition) is 6. The third-order valence-corrected chi connectivity index (χ3v) is 5.90. The number of benzene rings is 1. The van der Waals surface area contributed by atoms with Crippen molar-refractivity contribution >= 4 is 35.8 Å². The summed E-state index contributed by atoms with van der Waals surface area (Å²) in [5.74, 6) is 2.64. The van der Waals surface area contributed by atoms with Crippen molar-refractivity contribution in [1.29, 1.82) is 0 Å². The number of anilines is 2. The van der Waals surface area contributed by atoms with E-state index in [2.05, 4.69) is 15.2 Å². The molecule has 0 aliphatic carbocycles. The highest BCUT2D eigenvalue weighted by Gasteiger charge is 2.32. The van der Waals surface area contributed by atoms with E-state index in [1.807, 2.05) is 23.9 Å². The van der Waals surface area contributed by atoms with E-state index >= 15 is 0 Å². The molecular weight excluding hydrogens is 395 g/mol. The second-order valence-electron chi connectivity index (χ2n) is 6.81. The number of hydrogen-bond donors (Lipinski definition) is 1. The second-order valence-corrected chi connectivity index (χ2v) is 8.04. The number of nitrogens with zero attached hydrogens (tertiary/aromatic N) is 3. The second kappa shape index (κ2) is 8.69. The number of ether oxygens (including phenoxy) is 1. The maximum atomic E-state index is 14.8. The van der Waals surface area contributed by atoms with E-state index in [1.165, 1.54) is 11.0 Å². The highest BCUT2D eigenvalue weighted by Crippen LogP contribution is 2.29. The van der Waals surface area contributed by atoms with Gasteiger partial charge in [-0.3, -0.25) is 9.69 Å². The Morgan fingerprint density at radius 2 is 2.14 bits per heavy atom. The molecule has 4 rings (SSSR count). The number of thioether (sulfide) groups is 1. The summed E-state index contributed by atoms with van der Waals surface area (Å²) in [6.07, 6.45) is 1.22. The summed E-state index contributed by atoms with van der Waals surface area (Å²) >= 11 is 1.94. The molecule has 2 fully saturated rings. The van der Waals surface area contributed by atoms with Crippen molar-refractivity contribution in [2.24, 2.45) is 0 Å². The molecule has 1 N–H and O–H groups in total. The van der Waals surface area contributed by atoms with E-state index in [0.717, 1.165) is 30.4 Å². The lowest BCUT2D eigenvalue weighted by Crippen LogP contribution is -2.32. The van der Waals surface area contributed by atoms with E-state index in [-0.39, 0.29) is 14.5 Å². The van der Waals surface area contributed by atoms with Crippen molar-refractivity contribution in [2.75, 3.05) is 47.5 Å². The molecule has 0 unspecified atom stereocenters. The van der Waals surface area contributed by atoms with E-state index < -0.39 is 18.0 Å². The molecule has 29 heavy (non-hydrogen) atoms. The molecule has 1 aromatic carbocycles. The van der Waals surface area contributed by atoms with Crippen LogP contribution in [0.2, 0.25) is 0 Å². The zero-order chi connectivity index (χ0) is 20.2. The highest BCUT2D eigenvalue weighted by molar-refractivity contribution is 7.99. The van der Waals surface area contributed by atoms with Gasteiger partial charge in [0.1, 0.15) is 17.7 Å². The first-order valence-corrected chi connectivity index (χ1v) is 10.5. The molecular formula is C20H23FN4O3S. The third-order valence-electron chi connectivity index (χ3n) is 4.96. The van der Waals surface area contributed by atoms with Crippen LogP contribution in [0.1, 0.15) is 1.43 Å². The summed E-state index contributed by atoms with van der Waals surface area (Å²) in [5.41, 5.74) is 1.52. The summed E-state index contributed by atoms with van der Waals surface area (Å²) < 4.78 is 20.0. The van der Waals surface area contributed by atoms with Gasteiger partial charge in [0.15, 0.2) is 0 Å². The minimum atomic E-state index is -0.555. The Labute approximate surface area is 173 Å². The van der Waals surface area contributed by atoms with Crippen molar-refractivity contribution in [3.05, 3.63) is 42.3 Å². The number of carbonyl (C=O) groups excluding carboxylic acids is 2. The van der Waals surface area contributed by atoms with E-state index in [4.69, 9.17) is 4.74 Å². The normalized spacial score (nSPS) is 19.2. The molecule has 7 nitrogen and oxygen atoms in total. The SMILES string of the molecule is O=CNC[C@H]1CN(c2ccc(-c3ccc(N4CCSCC4)nc3)c(F)c2)C(=O)O1.[HH]. The minimum absolute atomic E-state index is 0. The lowest BCUT2D eigenvalue weighted by Gasteiger charge is -2.27. The molecule has 2 amide bonds. The Hall–Kier alpha value is -2.81. The molecule has 2 aromatic rings. The Morgan fingerprint density at radius 3 is 2.83 bits per heavy atom. The molecule has 0 radical (unpaired) electrons. The average molecular weight is 418 g/mol. The van der Waals surface area contributed by atoms with Gasteiger partial charge in [-0.2, -0.15) is 11.8 Å². The third kappa shape index (κ3) is 4.29. The lowest BCUT2D eigenvalue weighted by atomic mass is 10.1. The Bertz CT molecular complexity index is 896. The van der Waals surface area contributed by atoms with E-state index in [0.29, 0.717) is 23.2 Å². The average Bonchev–Trinajstić information content (AvgIpc) is 3.13. The van der Waals surface area contributed by atoms with Crippen molar-refractivity contribution in [3.63, 3.8) is 0 Å². The zero-order valence-corrected chi connectivity index (χ0v) is 16.5. The summed E-state index contributed by atoms with van der Waals surface area (Å²) in [7, 11) is 0. The van der Waals surface area contributed by atoms with Crippen molar-refractivity contribution in [3.8, 4) is 11.1 Å². The van der Waals surface area contributed by atoms with Crippen LogP contribution in [-0.4, -0.2) is 61.3 Å². The van der Waals surface area contributed by atoms with E-state index in [9.17, 15) is 14.0 Å². The lowest BCUT2D eigenvalue weighted by molar-refractivity contribution is -0.109. The molecule has 0 spiro atoms. The molecule has 2 aliphatic heterocycles. The summed E-state index contributed by atoms with van der Waals surface area (Å²) in [6.45, 7) is 2.41. The number of nitrogens with one attached hydrogen (secondary N) is 1. The smallest absolute Gasteiger partial charge is 0.414 e. The summed E-state index contributed by atoms with van der Waals surface area (Å²) in [4.78, 5) is 30.5. The quantitative estimate of drug-likeness (QED) is 0.727. The van der Waals surface area contributed by atoms with Crippen LogP contribution in [0.25, 0.3) is 11.1 Å². The molecule has 3 heterocycles. The number of aromatic nitrogens is 1. The van der Waals surface area contributed by atoms with Gasteiger partial charge in [-0.05, 0) is 30.3 Å². The van der Waals surface area contributed by atoms with Gasteiger partial charge in [-0.1, -0.05) is 0 Å². The van der Waals surface area contributed by atoms with Gasteiger partial charge < -0.3 is 15.0 Å². The fourth-order valence-corrected chi connectivity index (χ4v) is 4.35. The van der Waals surface area contributed by atoms with Crippen LogP contribution in [0, 0.1) is 5.82 Å². The molecule has 154 valence electrons. The van der Waals surface area contributed by atoms with Crippen LogP contribution in [0.4, 0.5) is 20.7 Å². The molecule has 1 atom stereocenters. The molecule has 2 aliphatic rings. The number of cyclic esters (lactones) is 1. The van der Waals surface area contributed by atoms with Crippen LogP contribution in [-0.2, 0) is 9.53 Å². The van der Waals surface area contributed by atoms with Crippen LogP contribution >= 0.6 is 11.8 Å². The van der Waals surface area contributed by atoms with Crippen LogP contribution in [0.5, 0.6) is 0 Å². The Balaban J connectivity index is 0.00000256. The first kappa shape index (κ1) is 19.5. The van der Waals surface area contributed by atoms with Crippen molar-refractivity contribution < 1.29 is 20.1 Å². The monoisotopic (exact) mass is 418 g/mol.